The van der Waals surface area contributed by atoms with Crippen molar-refractivity contribution < 1.29 is 14.3 Å². The van der Waals surface area contributed by atoms with Gasteiger partial charge in [-0.1, -0.05) is 0 Å². The van der Waals surface area contributed by atoms with E-state index in [2.05, 4.69) is 16.4 Å². The Bertz CT molecular complexity index is 1330. The largest absolute Gasteiger partial charge is 0.438 e. The lowest BCUT2D eigenvalue weighted by atomic mass is 9.40. The first-order valence-corrected chi connectivity index (χ1v) is 12.0. The van der Waals surface area contributed by atoms with Gasteiger partial charge in [0.1, 0.15) is 11.4 Å². The number of hydrogen-bond acceptors (Lipinski definition) is 8. The lowest BCUT2D eigenvalue weighted by Gasteiger charge is -2.66. The van der Waals surface area contributed by atoms with E-state index in [0.29, 0.717) is 42.0 Å². The number of ether oxygens (including phenoxy) is 2. The number of nitrogens with zero attached hydrogens (tertiary/aromatic N) is 5. The Balaban J connectivity index is 1.52. The van der Waals surface area contributed by atoms with Crippen LogP contribution >= 0.6 is 0 Å². The average molecular weight is 485 g/mol. The van der Waals surface area contributed by atoms with E-state index in [-0.39, 0.29) is 22.9 Å². The van der Waals surface area contributed by atoms with Crippen LogP contribution in [-0.4, -0.2) is 46.6 Å². The van der Waals surface area contributed by atoms with E-state index >= 15 is 0 Å². The molecule has 3 fully saturated rings. The van der Waals surface area contributed by atoms with Gasteiger partial charge in [-0.05, 0) is 74.9 Å². The Labute approximate surface area is 210 Å². The number of carbonyl (C=O) groups excluding carboxylic acids is 1. The fourth-order valence-corrected chi connectivity index (χ4v) is 5.82. The molecule has 4 aliphatic rings. The average Bonchev–Trinajstić information content (AvgIpc) is 3.04. The summed E-state index contributed by atoms with van der Waals surface area (Å²) >= 11 is 0. The highest BCUT2D eigenvalue weighted by molar-refractivity contribution is 5.98. The fourth-order valence-electron chi connectivity index (χ4n) is 5.82. The van der Waals surface area contributed by atoms with Crippen LogP contribution in [0.2, 0.25) is 0 Å². The maximum atomic E-state index is 13.3. The van der Waals surface area contributed by atoms with Gasteiger partial charge in [-0.2, -0.15) is 15.5 Å². The quantitative estimate of drug-likeness (QED) is 0.545. The molecule has 184 valence electrons. The summed E-state index contributed by atoms with van der Waals surface area (Å²) in [6.45, 7) is 6.66. The van der Waals surface area contributed by atoms with Crippen LogP contribution in [0.15, 0.2) is 18.2 Å². The molecule has 0 radical (unpaired) electrons. The normalized spacial score (nSPS) is 25.6. The van der Waals surface area contributed by atoms with Crippen LogP contribution in [0.4, 0.5) is 5.95 Å². The second kappa shape index (κ2) is 8.61. The minimum absolute atomic E-state index is 0.179. The van der Waals surface area contributed by atoms with E-state index in [0.717, 1.165) is 36.0 Å². The van der Waals surface area contributed by atoms with Crippen LogP contribution < -0.4 is 10.1 Å². The number of aryl methyl sites for hydroxylation is 2. The van der Waals surface area contributed by atoms with Crippen LogP contribution in [0.3, 0.4) is 0 Å². The van der Waals surface area contributed by atoms with Crippen LogP contribution in [0.25, 0.3) is 6.08 Å². The maximum absolute atomic E-state index is 13.3. The van der Waals surface area contributed by atoms with Crippen molar-refractivity contribution in [3.63, 3.8) is 0 Å². The van der Waals surface area contributed by atoms with Gasteiger partial charge in [0.25, 0.3) is 5.91 Å². The molecule has 1 unspecified atom stereocenters. The monoisotopic (exact) mass is 484 g/mol. The predicted molar refractivity (Wildman–Crippen MR) is 132 cm³/mol. The Morgan fingerprint density at radius 2 is 1.92 bits per heavy atom. The first kappa shape index (κ1) is 23.8. The third-order valence-electron chi connectivity index (χ3n) is 7.47. The van der Waals surface area contributed by atoms with Crippen molar-refractivity contribution in [1.82, 2.24) is 14.9 Å². The van der Waals surface area contributed by atoms with Crippen molar-refractivity contribution in [2.24, 2.45) is 5.41 Å². The first-order valence-electron chi connectivity index (χ1n) is 12.0. The van der Waals surface area contributed by atoms with E-state index < -0.39 is 0 Å². The van der Waals surface area contributed by atoms with Crippen LogP contribution in [0.1, 0.15) is 65.0 Å². The summed E-state index contributed by atoms with van der Waals surface area (Å²) in [5, 5.41) is 21.6. The van der Waals surface area contributed by atoms with Crippen molar-refractivity contribution in [3.05, 3.63) is 46.2 Å². The topological polar surface area (TPSA) is 124 Å². The second-order valence-corrected chi connectivity index (χ2v) is 10.2. The second-order valence-electron chi connectivity index (χ2n) is 10.2. The van der Waals surface area contributed by atoms with Gasteiger partial charge in [-0.15, -0.1) is 0 Å². The van der Waals surface area contributed by atoms with Gasteiger partial charge in [0.2, 0.25) is 11.8 Å². The van der Waals surface area contributed by atoms with Crippen molar-refractivity contribution in [1.29, 1.82) is 10.5 Å². The van der Waals surface area contributed by atoms with E-state index in [4.69, 9.17) is 19.7 Å². The first-order chi connectivity index (χ1) is 17.2. The highest BCUT2D eigenvalue weighted by Gasteiger charge is 2.69. The number of anilines is 1. The number of fused-ring (bicyclic) bond motifs is 1. The third kappa shape index (κ3) is 3.77. The summed E-state index contributed by atoms with van der Waals surface area (Å²) in [5.41, 5.74) is 3.25. The lowest BCUT2D eigenvalue weighted by molar-refractivity contribution is -0.0665. The molecule has 1 atom stereocenters. The van der Waals surface area contributed by atoms with Crippen LogP contribution in [0.5, 0.6) is 11.6 Å². The Kier molecular flexibility index (Phi) is 5.69. The molecule has 1 aromatic carbocycles. The molecule has 2 aromatic rings. The summed E-state index contributed by atoms with van der Waals surface area (Å²) < 4.78 is 11.6. The maximum Gasteiger partial charge on any atom is 0.273 e. The molecule has 0 saturated heterocycles. The fraction of sp³-hybridized carbons (Fsp3) is 0.444. The van der Waals surface area contributed by atoms with Gasteiger partial charge in [0, 0.05) is 25.3 Å². The van der Waals surface area contributed by atoms with Gasteiger partial charge in [-0.25, -0.2) is 4.98 Å². The molecular formula is C27H28N6O3. The Hall–Kier alpha value is -3.95. The van der Waals surface area contributed by atoms with Gasteiger partial charge in [-0.3, -0.25) is 4.79 Å². The lowest BCUT2D eigenvalue weighted by Crippen LogP contribution is -2.70. The molecule has 3 saturated carbocycles. The van der Waals surface area contributed by atoms with Crippen LogP contribution in [-0.2, 0) is 4.74 Å². The standard InChI is InChI=1S/C27H28N6O3/c1-16-10-19(6-5-7-28)11-17(2)22(16)36-23-20-18(3)33(8-9-35-4)24(34)21(20)30-25(31-23)32-27-12-26(13-27,14-27)15-29/h5-6,10-11,18H,8-9,12-14H2,1-4H3,(H,30,31,32)/b6-5+. The van der Waals surface area contributed by atoms with Crippen molar-refractivity contribution in [3.8, 4) is 23.8 Å². The minimum atomic E-state index is -0.276. The van der Waals surface area contributed by atoms with Crippen LogP contribution in [0, 0.1) is 41.9 Å². The minimum Gasteiger partial charge on any atom is -0.438 e. The SMILES string of the molecule is COCCN1C(=O)c2nc(NC34CC(C#N)(C3)C4)nc(Oc3c(C)cc(/C=C/C#N)cc3C)c2C1C. The number of amides is 1. The molecule has 2 bridgehead atoms. The number of carbonyl (C=O) groups is 1. The van der Waals surface area contributed by atoms with Gasteiger partial charge in [0.15, 0.2) is 0 Å². The molecule has 1 amide bonds. The number of methoxy groups -OCH3 is 1. The Morgan fingerprint density at radius 3 is 2.53 bits per heavy atom. The smallest absolute Gasteiger partial charge is 0.273 e. The van der Waals surface area contributed by atoms with Crippen molar-refractivity contribution in [2.45, 2.75) is 51.6 Å². The number of nitrogens with one attached hydrogen (secondary N) is 1. The van der Waals surface area contributed by atoms with Gasteiger partial charge >= 0.3 is 0 Å². The van der Waals surface area contributed by atoms with Crippen molar-refractivity contribution >= 4 is 17.9 Å². The molecule has 36 heavy (non-hydrogen) atoms. The number of aromatic nitrogens is 2. The number of allylic oxidation sites excluding steroid dienone is 1. The van der Waals surface area contributed by atoms with E-state index in [9.17, 15) is 10.1 Å². The predicted octanol–water partition coefficient (Wildman–Crippen LogP) is 4.44. The van der Waals surface area contributed by atoms with E-state index in [1.807, 2.05) is 39.0 Å². The molecule has 9 heteroatoms. The molecule has 1 aromatic heterocycles. The molecular weight excluding hydrogens is 456 g/mol. The molecule has 3 aliphatic carbocycles. The molecule has 2 heterocycles. The summed E-state index contributed by atoms with van der Waals surface area (Å²) in [7, 11) is 1.60. The number of hydrogen-bond donors (Lipinski definition) is 1. The zero-order valence-electron chi connectivity index (χ0n) is 20.9. The molecule has 9 nitrogen and oxygen atoms in total. The summed E-state index contributed by atoms with van der Waals surface area (Å²) in [6.07, 6.45) is 5.46. The molecule has 1 aliphatic heterocycles. The van der Waals surface area contributed by atoms with E-state index in [1.54, 1.807) is 18.1 Å². The highest BCUT2D eigenvalue weighted by Crippen LogP contribution is 2.67. The van der Waals surface area contributed by atoms with Gasteiger partial charge in [0.05, 0.1) is 35.8 Å². The summed E-state index contributed by atoms with van der Waals surface area (Å²) in [5.74, 6) is 1.16. The molecule has 1 N–H and O–H groups in total. The zero-order valence-corrected chi connectivity index (χ0v) is 20.9. The number of benzene rings is 1. The number of nitriles is 2. The van der Waals surface area contributed by atoms with E-state index in [1.165, 1.54) is 6.08 Å². The zero-order chi connectivity index (χ0) is 25.7. The number of rotatable bonds is 8. The molecule has 6 rings (SSSR count). The summed E-state index contributed by atoms with van der Waals surface area (Å²) in [6, 6.07) is 8.03. The summed E-state index contributed by atoms with van der Waals surface area (Å²) in [4.78, 5) is 24.4. The Morgan fingerprint density at radius 1 is 1.22 bits per heavy atom. The highest BCUT2D eigenvalue weighted by atomic mass is 16.5. The van der Waals surface area contributed by atoms with Gasteiger partial charge < -0.3 is 19.7 Å². The third-order valence-corrected chi connectivity index (χ3v) is 7.47. The molecule has 0 spiro atoms. The van der Waals surface area contributed by atoms with Crippen molar-refractivity contribution in [2.75, 3.05) is 25.6 Å².